The van der Waals surface area contributed by atoms with Crippen LogP contribution in [0.2, 0.25) is 0 Å². The Morgan fingerprint density at radius 2 is 1.60 bits per heavy atom. The van der Waals surface area contributed by atoms with Gasteiger partial charge in [-0.15, -0.1) is 0 Å². The van der Waals surface area contributed by atoms with Gasteiger partial charge in [0.25, 0.3) is 0 Å². The average molecular weight is 696 g/mol. The molecule has 1 aliphatic heterocycles. The third-order valence-corrected chi connectivity index (χ3v) is 12.7. The van der Waals surface area contributed by atoms with Gasteiger partial charge in [-0.05, 0) is 140 Å². The number of H-pyrrole nitrogens is 2. The normalized spacial score (nSPS) is 24.0. The van der Waals surface area contributed by atoms with Crippen molar-refractivity contribution in [3.63, 3.8) is 0 Å². The van der Waals surface area contributed by atoms with Gasteiger partial charge in [-0.1, -0.05) is 69.2 Å². The molecule has 1 saturated heterocycles. The molecule has 52 heavy (non-hydrogen) atoms. The fourth-order valence-corrected chi connectivity index (χ4v) is 10.2. The summed E-state index contributed by atoms with van der Waals surface area (Å²) in [6, 6.07) is 20.6. The molecule has 2 saturated carbocycles. The van der Waals surface area contributed by atoms with E-state index in [1.807, 2.05) is 31.9 Å². The smallest absolute Gasteiger partial charge is 0.410 e. The Kier molecular flexibility index (Phi) is 8.13. The molecule has 7 heteroatoms. The van der Waals surface area contributed by atoms with Crippen LogP contribution in [0.1, 0.15) is 127 Å². The van der Waals surface area contributed by atoms with Crippen LogP contribution >= 0.6 is 0 Å². The first-order chi connectivity index (χ1) is 25.0. The van der Waals surface area contributed by atoms with Crippen molar-refractivity contribution >= 4 is 17.1 Å². The van der Waals surface area contributed by atoms with Crippen LogP contribution in [0.4, 0.5) is 4.79 Å². The Morgan fingerprint density at radius 3 is 2.35 bits per heavy atom. The van der Waals surface area contributed by atoms with Crippen molar-refractivity contribution in [2.24, 2.45) is 11.8 Å². The van der Waals surface area contributed by atoms with E-state index in [4.69, 9.17) is 14.7 Å². The molecule has 0 radical (unpaired) electrons. The molecule has 2 aromatic heterocycles. The van der Waals surface area contributed by atoms with E-state index in [1.54, 1.807) is 11.1 Å². The molecule has 4 atom stereocenters. The van der Waals surface area contributed by atoms with Crippen LogP contribution in [0.25, 0.3) is 44.5 Å². The number of hydrogen-bond donors (Lipinski definition) is 2. The summed E-state index contributed by atoms with van der Waals surface area (Å²) in [4.78, 5) is 32.0. The number of aromatic nitrogens is 4. The summed E-state index contributed by atoms with van der Waals surface area (Å²) < 4.78 is 5.75. The number of imidazole rings is 2. The number of amides is 1. The van der Waals surface area contributed by atoms with E-state index in [-0.39, 0.29) is 17.6 Å². The monoisotopic (exact) mass is 695 g/mol. The molecular weight excluding hydrogens is 643 g/mol. The average Bonchev–Trinajstić information content (AvgIpc) is 3.97. The van der Waals surface area contributed by atoms with Gasteiger partial charge in [0.1, 0.15) is 17.2 Å². The molecule has 270 valence electrons. The maximum atomic E-state index is 13.1. The Morgan fingerprint density at radius 1 is 0.846 bits per heavy atom. The van der Waals surface area contributed by atoms with Crippen LogP contribution in [0.3, 0.4) is 0 Å². The van der Waals surface area contributed by atoms with Crippen LogP contribution in [0.15, 0.2) is 60.8 Å². The molecule has 7 nitrogen and oxygen atoms in total. The van der Waals surface area contributed by atoms with Crippen molar-refractivity contribution in [3.8, 4) is 33.5 Å². The molecule has 0 bridgehead atoms. The van der Waals surface area contributed by atoms with E-state index in [2.05, 4.69) is 78.4 Å². The van der Waals surface area contributed by atoms with E-state index in [9.17, 15) is 4.79 Å². The van der Waals surface area contributed by atoms with Crippen LogP contribution in [-0.2, 0) is 16.6 Å². The SMILES string of the molecule is C[C@@H]1CC[C@H](c2nc3ccc(-c4ccc(-c5ccc(-c6cnc([C@@H]7C[C@H](C)CN7C(=O)OC(C)(C)C)[nH]6)cc5)c5c4CCC54CCCC4)cc3[nH]2)C1. The summed E-state index contributed by atoms with van der Waals surface area (Å²) in [5.74, 6) is 3.73. The van der Waals surface area contributed by atoms with Gasteiger partial charge in [-0.2, -0.15) is 0 Å². The van der Waals surface area contributed by atoms with Gasteiger partial charge in [0.05, 0.1) is 29.0 Å². The summed E-state index contributed by atoms with van der Waals surface area (Å²) >= 11 is 0. The van der Waals surface area contributed by atoms with Crippen molar-refractivity contribution in [1.29, 1.82) is 0 Å². The second kappa shape index (κ2) is 12.6. The highest BCUT2D eigenvalue weighted by molar-refractivity contribution is 5.86. The number of carbonyl (C=O) groups excluding carboxylic acids is 1. The zero-order chi connectivity index (χ0) is 35.8. The Bertz CT molecular complexity index is 2130. The number of aromatic amines is 2. The standard InChI is InChI=1S/C45H53N5O2/c1-27-8-9-32(22-27)41-47-36-17-14-31(24-37(36)48-41)33-15-16-34(40-35(33)18-21-45(40)19-6-7-20-45)29-10-12-30(13-11-29)38-25-46-42(49-38)39-23-28(2)26-50(39)43(51)52-44(3,4)5/h10-17,24-25,27-28,32,39H,6-9,18-23,26H2,1-5H3,(H,46,49)(H,47,48)/t27-,28+,32+,39+/m1/s1. The summed E-state index contributed by atoms with van der Waals surface area (Å²) in [5, 5.41) is 0. The highest BCUT2D eigenvalue weighted by atomic mass is 16.6. The number of rotatable bonds is 5. The number of nitrogens with one attached hydrogen (secondary N) is 2. The maximum Gasteiger partial charge on any atom is 0.410 e. The van der Waals surface area contributed by atoms with Gasteiger partial charge in [-0.3, -0.25) is 4.90 Å². The zero-order valence-corrected chi connectivity index (χ0v) is 31.5. The number of likely N-dealkylation sites (tertiary alicyclic amines) is 1. The molecule has 3 aliphatic carbocycles. The highest BCUT2D eigenvalue weighted by Crippen LogP contribution is 2.55. The summed E-state index contributed by atoms with van der Waals surface area (Å²) in [6.45, 7) is 11.0. The van der Waals surface area contributed by atoms with Gasteiger partial charge in [0, 0.05) is 12.5 Å². The summed E-state index contributed by atoms with van der Waals surface area (Å²) in [6.07, 6.45) is 13.9. The van der Waals surface area contributed by atoms with Crippen molar-refractivity contribution in [2.75, 3.05) is 6.54 Å². The molecule has 9 rings (SSSR count). The minimum Gasteiger partial charge on any atom is -0.444 e. The molecule has 3 fully saturated rings. The second-order valence-corrected chi connectivity index (χ2v) is 17.7. The summed E-state index contributed by atoms with van der Waals surface area (Å²) in [5.41, 5.74) is 12.6. The number of fused-ring (bicyclic) bond motifs is 3. The predicted molar refractivity (Wildman–Crippen MR) is 208 cm³/mol. The number of ether oxygens (including phenoxy) is 1. The molecule has 2 N–H and O–H groups in total. The van der Waals surface area contributed by atoms with Gasteiger partial charge in [0.2, 0.25) is 0 Å². The molecule has 3 heterocycles. The molecular formula is C45H53N5O2. The predicted octanol–water partition coefficient (Wildman–Crippen LogP) is 11.3. The first-order valence-electron chi connectivity index (χ1n) is 19.9. The lowest BCUT2D eigenvalue weighted by Gasteiger charge is -2.28. The molecule has 5 aromatic rings. The zero-order valence-electron chi connectivity index (χ0n) is 31.5. The molecule has 1 amide bonds. The minimum atomic E-state index is -0.534. The van der Waals surface area contributed by atoms with Crippen LogP contribution in [0.5, 0.6) is 0 Å². The minimum absolute atomic E-state index is 0.117. The van der Waals surface area contributed by atoms with Crippen LogP contribution < -0.4 is 0 Å². The molecule has 1 spiro atoms. The van der Waals surface area contributed by atoms with E-state index in [0.717, 1.165) is 46.9 Å². The molecule has 0 unspecified atom stereocenters. The summed E-state index contributed by atoms with van der Waals surface area (Å²) in [7, 11) is 0. The number of benzene rings is 3. The third kappa shape index (κ3) is 5.94. The highest BCUT2D eigenvalue weighted by Gasteiger charge is 2.44. The first kappa shape index (κ1) is 33.4. The van der Waals surface area contributed by atoms with Gasteiger partial charge in [0.15, 0.2) is 0 Å². The maximum absolute atomic E-state index is 13.1. The van der Waals surface area contributed by atoms with Crippen molar-refractivity contribution in [3.05, 3.63) is 83.6 Å². The van der Waals surface area contributed by atoms with Crippen molar-refractivity contribution in [2.45, 2.75) is 122 Å². The third-order valence-electron chi connectivity index (χ3n) is 12.7. The first-order valence-corrected chi connectivity index (χ1v) is 19.9. The lowest BCUT2D eigenvalue weighted by molar-refractivity contribution is 0.0214. The van der Waals surface area contributed by atoms with Gasteiger partial charge < -0.3 is 14.7 Å². The van der Waals surface area contributed by atoms with Crippen molar-refractivity contribution < 1.29 is 9.53 Å². The second-order valence-electron chi connectivity index (χ2n) is 17.7. The van der Waals surface area contributed by atoms with E-state index < -0.39 is 5.60 Å². The topological polar surface area (TPSA) is 86.9 Å². The van der Waals surface area contributed by atoms with Crippen LogP contribution in [-0.4, -0.2) is 43.1 Å². The lowest BCUT2D eigenvalue weighted by atomic mass is 9.76. The Labute approximate surface area is 308 Å². The quantitative estimate of drug-likeness (QED) is 0.192. The number of hydrogen-bond acceptors (Lipinski definition) is 4. The largest absolute Gasteiger partial charge is 0.444 e. The number of carbonyl (C=O) groups is 1. The lowest BCUT2D eigenvalue weighted by Crippen LogP contribution is -2.37. The molecule has 3 aromatic carbocycles. The van der Waals surface area contributed by atoms with Crippen molar-refractivity contribution in [1.82, 2.24) is 24.8 Å². The van der Waals surface area contributed by atoms with Gasteiger partial charge in [-0.25, -0.2) is 14.8 Å². The molecule has 4 aliphatic rings. The van der Waals surface area contributed by atoms with E-state index in [1.165, 1.54) is 79.4 Å². The van der Waals surface area contributed by atoms with Gasteiger partial charge >= 0.3 is 6.09 Å². The Balaban J connectivity index is 1.02. The van der Waals surface area contributed by atoms with E-state index in [0.29, 0.717) is 18.4 Å². The Hall–Kier alpha value is -4.39. The number of nitrogens with zero attached hydrogens (tertiary/aromatic N) is 3. The fourth-order valence-electron chi connectivity index (χ4n) is 10.2. The van der Waals surface area contributed by atoms with E-state index >= 15 is 0 Å². The fraction of sp³-hybridized carbons (Fsp3) is 0.489. The van der Waals surface area contributed by atoms with Crippen LogP contribution in [0, 0.1) is 11.8 Å².